The minimum Gasteiger partial charge on any atom is -0.481 e. The summed E-state index contributed by atoms with van der Waals surface area (Å²) in [6.45, 7) is 2.68. The van der Waals surface area contributed by atoms with Crippen LogP contribution in [0.2, 0.25) is 0 Å². The van der Waals surface area contributed by atoms with Crippen LogP contribution in [0.25, 0.3) is 0 Å². The molecular formula is C11H19NO5. The van der Waals surface area contributed by atoms with Crippen LogP contribution in [-0.4, -0.2) is 49.5 Å². The molecule has 1 aliphatic heterocycles. The average Bonchev–Trinajstić information content (AvgIpc) is 2.69. The molecule has 0 saturated carbocycles. The van der Waals surface area contributed by atoms with Crippen molar-refractivity contribution in [1.29, 1.82) is 0 Å². The number of hydrogen-bond donors (Lipinski definition) is 2. The first kappa shape index (κ1) is 13.9. The van der Waals surface area contributed by atoms with E-state index in [9.17, 15) is 9.59 Å². The number of methoxy groups -OCH3 is 1. The van der Waals surface area contributed by atoms with Gasteiger partial charge in [-0.25, -0.2) is 0 Å². The molecular weight excluding hydrogens is 226 g/mol. The van der Waals surface area contributed by atoms with Gasteiger partial charge in [0.25, 0.3) is 0 Å². The Morgan fingerprint density at radius 3 is 2.76 bits per heavy atom. The number of carboxylic acid groups (broad SMARTS) is 1. The molecule has 0 aliphatic carbocycles. The van der Waals surface area contributed by atoms with Crippen LogP contribution in [0.15, 0.2) is 0 Å². The molecule has 2 N–H and O–H groups in total. The van der Waals surface area contributed by atoms with Crippen LogP contribution in [-0.2, 0) is 19.1 Å². The molecule has 1 saturated heterocycles. The van der Waals surface area contributed by atoms with E-state index in [1.165, 1.54) is 7.11 Å². The average molecular weight is 245 g/mol. The predicted molar refractivity (Wildman–Crippen MR) is 59.6 cm³/mol. The second kappa shape index (κ2) is 6.56. The molecule has 6 heteroatoms. The van der Waals surface area contributed by atoms with E-state index in [1.54, 1.807) is 0 Å². The number of hydrogen-bond acceptors (Lipinski definition) is 4. The Kier molecular flexibility index (Phi) is 5.37. The Labute approximate surface area is 100 Å². The number of ether oxygens (including phenoxy) is 2. The number of rotatable bonds is 6. The molecule has 1 fully saturated rings. The van der Waals surface area contributed by atoms with Crippen molar-refractivity contribution in [2.24, 2.45) is 5.92 Å². The quantitative estimate of drug-likeness (QED) is 0.689. The van der Waals surface area contributed by atoms with Gasteiger partial charge in [-0.3, -0.25) is 9.59 Å². The fourth-order valence-electron chi connectivity index (χ4n) is 1.86. The smallest absolute Gasteiger partial charge is 0.306 e. The summed E-state index contributed by atoms with van der Waals surface area (Å²) in [6.07, 6.45) is 0.0291. The van der Waals surface area contributed by atoms with Gasteiger partial charge in [-0.1, -0.05) is 0 Å². The van der Waals surface area contributed by atoms with Crippen LogP contribution in [0.3, 0.4) is 0 Å². The standard InChI is InChI=1S/C11H19NO5/c1-7-9(3-4-17-7)11(15)12-6-8(16-2)5-10(13)14/h7-9H,3-6H2,1-2H3,(H,12,15)(H,13,14). The van der Waals surface area contributed by atoms with Gasteiger partial charge in [0.2, 0.25) is 5.91 Å². The summed E-state index contributed by atoms with van der Waals surface area (Å²) in [7, 11) is 1.43. The minimum absolute atomic E-state index is 0.0736. The highest BCUT2D eigenvalue weighted by molar-refractivity contribution is 5.79. The topological polar surface area (TPSA) is 84.9 Å². The Morgan fingerprint density at radius 1 is 1.59 bits per heavy atom. The number of carboxylic acids is 1. The maximum Gasteiger partial charge on any atom is 0.306 e. The highest BCUT2D eigenvalue weighted by Crippen LogP contribution is 2.20. The van der Waals surface area contributed by atoms with E-state index >= 15 is 0 Å². The zero-order valence-corrected chi connectivity index (χ0v) is 10.1. The second-order valence-corrected chi connectivity index (χ2v) is 4.17. The largest absolute Gasteiger partial charge is 0.481 e. The molecule has 0 aromatic heterocycles. The Morgan fingerprint density at radius 2 is 2.29 bits per heavy atom. The summed E-state index contributed by atoms with van der Waals surface area (Å²) in [6, 6.07) is 0. The van der Waals surface area contributed by atoms with Crippen LogP contribution < -0.4 is 5.32 Å². The molecule has 0 bridgehead atoms. The third-order valence-electron chi connectivity index (χ3n) is 2.95. The Hall–Kier alpha value is -1.14. The summed E-state index contributed by atoms with van der Waals surface area (Å²) in [5, 5.41) is 11.3. The fourth-order valence-corrected chi connectivity index (χ4v) is 1.86. The van der Waals surface area contributed by atoms with Crippen LogP contribution in [0.4, 0.5) is 0 Å². The van der Waals surface area contributed by atoms with Gasteiger partial charge in [-0.2, -0.15) is 0 Å². The molecule has 0 aromatic rings. The Bertz CT molecular complexity index is 281. The first-order valence-corrected chi connectivity index (χ1v) is 5.68. The number of aliphatic carboxylic acids is 1. The van der Waals surface area contributed by atoms with Crippen molar-refractivity contribution in [2.75, 3.05) is 20.3 Å². The molecule has 6 nitrogen and oxygen atoms in total. The summed E-state index contributed by atoms with van der Waals surface area (Å²) in [4.78, 5) is 22.3. The zero-order chi connectivity index (χ0) is 12.8. The number of carbonyl (C=O) groups is 2. The molecule has 1 aliphatic rings. The van der Waals surface area contributed by atoms with Crippen LogP contribution in [0, 0.1) is 5.92 Å². The van der Waals surface area contributed by atoms with Gasteiger partial charge in [-0.15, -0.1) is 0 Å². The second-order valence-electron chi connectivity index (χ2n) is 4.17. The highest BCUT2D eigenvalue weighted by atomic mass is 16.5. The minimum atomic E-state index is -0.941. The number of carbonyl (C=O) groups excluding carboxylic acids is 1. The normalized spacial score (nSPS) is 25.5. The summed E-state index contributed by atoms with van der Waals surface area (Å²) >= 11 is 0. The lowest BCUT2D eigenvalue weighted by atomic mass is 10.0. The van der Waals surface area contributed by atoms with E-state index in [4.69, 9.17) is 14.6 Å². The van der Waals surface area contributed by atoms with Gasteiger partial charge in [0.1, 0.15) is 0 Å². The first-order chi connectivity index (χ1) is 8.04. The number of nitrogens with one attached hydrogen (secondary N) is 1. The fraction of sp³-hybridized carbons (Fsp3) is 0.818. The lowest BCUT2D eigenvalue weighted by molar-refractivity contribution is -0.140. The number of amides is 1. The van der Waals surface area contributed by atoms with Crippen molar-refractivity contribution in [3.63, 3.8) is 0 Å². The van der Waals surface area contributed by atoms with Crippen molar-refractivity contribution in [3.05, 3.63) is 0 Å². The summed E-state index contributed by atoms with van der Waals surface area (Å²) in [5.41, 5.74) is 0. The third-order valence-corrected chi connectivity index (χ3v) is 2.95. The monoisotopic (exact) mass is 245 g/mol. The highest BCUT2D eigenvalue weighted by Gasteiger charge is 2.30. The molecule has 0 spiro atoms. The first-order valence-electron chi connectivity index (χ1n) is 5.68. The molecule has 3 atom stereocenters. The van der Waals surface area contributed by atoms with Gasteiger partial charge >= 0.3 is 5.97 Å². The van der Waals surface area contributed by atoms with E-state index < -0.39 is 12.1 Å². The van der Waals surface area contributed by atoms with E-state index in [0.717, 1.165) is 0 Å². The van der Waals surface area contributed by atoms with E-state index in [0.29, 0.717) is 13.0 Å². The Balaban J connectivity index is 2.33. The zero-order valence-electron chi connectivity index (χ0n) is 10.1. The predicted octanol–water partition coefficient (Wildman–Crippen LogP) is 0.0173. The molecule has 98 valence electrons. The van der Waals surface area contributed by atoms with Crippen LogP contribution >= 0.6 is 0 Å². The molecule has 1 rings (SSSR count). The van der Waals surface area contributed by atoms with Crippen molar-refractivity contribution < 1.29 is 24.2 Å². The van der Waals surface area contributed by atoms with Gasteiger partial charge in [0, 0.05) is 20.3 Å². The van der Waals surface area contributed by atoms with Crippen molar-refractivity contribution in [3.8, 4) is 0 Å². The van der Waals surface area contributed by atoms with Crippen molar-refractivity contribution in [1.82, 2.24) is 5.32 Å². The lowest BCUT2D eigenvalue weighted by Crippen LogP contribution is -2.39. The maximum atomic E-state index is 11.8. The maximum absolute atomic E-state index is 11.8. The lowest BCUT2D eigenvalue weighted by Gasteiger charge is -2.17. The third kappa shape index (κ3) is 4.32. The van der Waals surface area contributed by atoms with Gasteiger partial charge < -0.3 is 19.9 Å². The van der Waals surface area contributed by atoms with E-state index in [2.05, 4.69) is 5.32 Å². The molecule has 1 amide bonds. The molecule has 17 heavy (non-hydrogen) atoms. The van der Waals surface area contributed by atoms with E-state index in [-0.39, 0.29) is 30.9 Å². The van der Waals surface area contributed by atoms with Gasteiger partial charge in [-0.05, 0) is 13.3 Å². The summed E-state index contributed by atoms with van der Waals surface area (Å²) < 4.78 is 10.3. The van der Waals surface area contributed by atoms with Crippen molar-refractivity contribution in [2.45, 2.75) is 32.0 Å². The van der Waals surface area contributed by atoms with Crippen LogP contribution in [0.1, 0.15) is 19.8 Å². The molecule has 3 unspecified atom stereocenters. The van der Waals surface area contributed by atoms with Crippen LogP contribution in [0.5, 0.6) is 0 Å². The van der Waals surface area contributed by atoms with Gasteiger partial charge in [0.05, 0.1) is 24.5 Å². The summed E-state index contributed by atoms with van der Waals surface area (Å²) in [5.74, 6) is -1.18. The molecule has 0 aromatic carbocycles. The molecule has 0 radical (unpaired) electrons. The van der Waals surface area contributed by atoms with Crippen molar-refractivity contribution >= 4 is 11.9 Å². The van der Waals surface area contributed by atoms with E-state index in [1.807, 2.05) is 6.92 Å². The molecule has 1 heterocycles. The SMILES string of the molecule is COC(CNC(=O)C1CCOC1C)CC(=O)O. The van der Waals surface area contributed by atoms with Gasteiger partial charge in [0.15, 0.2) is 0 Å².